The molecule has 3 aromatic heterocycles. The van der Waals surface area contributed by atoms with Crippen LogP contribution in [-0.2, 0) is 4.79 Å². The zero-order chi connectivity index (χ0) is 22.8. The second-order valence-electron chi connectivity index (χ2n) is 6.70. The van der Waals surface area contributed by atoms with Gasteiger partial charge in [0.15, 0.2) is 5.13 Å². The second-order valence-corrected chi connectivity index (χ2v) is 9.52. The van der Waals surface area contributed by atoms with Gasteiger partial charge in [-0.25, -0.2) is 15.0 Å². The Bertz CT molecular complexity index is 1310. The first-order valence-electron chi connectivity index (χ1n) is 9.37. The third-order valence-electron chi connectivity index (χ3n) is 4.53. The number of amides is 1. The Kier molecular flexibility index (Phi) is 6.40. The summed E-state index contributed by atoms with van der Waals surface area (Å²) in [5, 5.41) is 17.8. The number of hydrogen-bond donors (Lipinski definition) is 1. The molecule has 4 aromatic rings. The predicted molar refractivity (Wildman–Crippen MR) is 125 cm³/mol. The monoisotopic (exact) mass is 485 g/mol. The number of carboxylic acid groups (broad SMARTS) is 1. The zero-order valence-corrected chi connectivity index (χ0v) is 19.7. The summed E-state index contributed by atoms with van der Waals surface area (Å²) >= 11 is 3.63. The fourth-order valence-electron chi connectivity index (χ4n) is 3.02. The van der Waals surface area contributed by atoms with Crippen LogP contribution < -0.4 is 15.2 Å². The minimum Gasteiger partial charge on any atom is -0.544 e. The van der Waals surface area contributed by atoms with Crippen LogP contribution in [0.4, 0.5) is 5.13 Å². The van der Waals surface area contributed by atoms with Gasteiger partial charge in [0.05, 0.1) is 29.4 Å². The van der Waals surface area contributed by atoms with Crippen molar-refractivity contribution in [3.05, 3.63) is 45.9 Å². The lowest BCUT2D eigenvalue weighted by Crippen LogP contribution is -2.21. The number of hydrogen-bond acceptors (Lipinski definition) is 10. The molecule has 0 aliphatic carbocycles. The summed E-state index contributed by atoms with van der Waals surface area (Å²) in [7, 11) is 1.61. The Morgan fingerprint density at radius 1 is 1.16 bits per heavy atom. The maximum atomic E-state index is 12.5. The molecule has 0 unspecified atom stereocenters. The van der Waals surface area contributed by atoms with Crippen molar-refractivity contribution in [3.63, 3.8) is 0 Å². The zero-order valence-electron chi connectivity index (χ0n) is 17.3. The molecule has 3 heterocycles. The number of aromatic carboxylic acids is 1. The van der Waals surface area contributed by atoms with Crippen LogP contribution in [0.25, 0.3) is 21.5 Å². The number of carboxylic acids is 1. The molecule has 11 heteroatoms. The van der Waals surface area contributed by atoms with Gasteiger partial charge in [-0.3, -0.25) is 4.79 Å². The molecule has 0 bridgehead atoms. The summed E-state index contributed by atoms with van der Waals surface area (Å²) in [6, 6.07) is 7.52. The van der Waals surface area contributed by atoms with Gasteiger partial charge in [-0.15, -0.1) is 22.7 Å². The highest BCUT2D eigenvalue weighted by Gasteiger charge is 2.18. The third-order valence-corrected chi connectivity index (χ3v) is 7.43. The molecule has 1 aromatic carbocycles. The van der Waals surface area contributed by atoms with Crippen molar-refractivity contribution in [1.82, 2.24) is 15.0 Å². The Balaban J connectivity index is 1.46. The van der Waals surface area contributed by atoms with Crippen molar-refractivity contribution in [2.45, 2.75) is 18.9 Å². The summed E-state index contributed by atoms with van der Waals surface area (Å²) in [5.41, 5.74) is 2.24. The highest BCUT2D eigenvalue weighted by molar-refractivity contribution is 8.00. The van der Waals surface area contributed by atoms with E-state index in [1.54, 1.807) is 21.0 Å². The second kappa shape index (κ2) is 9.23. The summed E-state index contributed by atoms with van der Waals surface area (Å²) in [6.07, 6.45) is 0. The van der Waals surface area contributed by atoms with E-state index < -0.39 is 5.97 Å². The molecule has 0 aliphatic rings. The van der Waals surface area contributed by atoms with E-state index in [2.05, 4.69) is 20.3 Å². The molecule has 0 spiro atoms. The Hall–Kier alpha value is -3.02. The molecule has 1 N–H and O–H groups in total. The number of thiophene rings is 1. The number of methoxy groups -OCH3 is 1. The molecule has 0 atom stereocenters. The molecule has 4 rings (SSSR count). The van der Waals surface area contributed by atoms with Crippen LogP contribution in [0.15, 0.2) is 34.7 Å². The first-order chi connectivity index (χ1) is 15.4. The summed E-state index contributed by atoms with van der Waals surface area (Å²) in [5.74, 6) is -0.109. The van der Waals surface area contributed by atoms with Crippen LogP contribution in [0, 0.1) is 13.8 Å². The molecule has 32 heavy (non-hydrogen) atoms. The van der Waals surface area contributed by atoms with Crippen LogP contribution in [0.3, 0.4) is 0 Å². The smallest absolute Gasteiger partial charge is 0.236 e. The average molecular weight is 486 g/mol. The predicted octanol–water partition coefficient (Wildman–Crippen LogP) is 3.53. The molecule has 164 valence electrons. The summed E-state index contributed by atoms with van der Waals surface area (Å²) < 4.78 is 5.16. The van der Waals surface area contributed by atoms with Gasteiger partial charge < -0.3 is 20.0 Å². The van der Waals surface area contributed by atoms with Gasteiger partial charge >= 0.3 is 0 Å². The average Bonchev–Trinajstić information content (AvgIpc) is 3.36. The largest absolute Gasteiger partial charge is 0.544 e. The standard InChI is InChI=1S/C21H18N4O4S3/c1-10-16-18(22-11(2)23-19(16)32-17(10)20(27)28)30-9-15(26)25-21-24-14(8-31-21)12-4-6-13(29-3)7-5-12/h4-8H,9H2,1-3H3,(H,27,28)(H,24,25,26)/p-1. The van der Waals surface area contributed by atoms with Gasteiger partial charge in [0.2, 0.25) is 5.91 Å². The van der Waals surface area contributed by atoms with Crippen molar-refractivity contribution < 1.29 is 19.4 Å². The van der Waals surface area contributed by atoms with E-state index in [1.807, 2.05) is 29.6 Å². The molecule has 0 saturated heterocycles. The lowest BCUT2D eigenvalue weighted by molar-refractivity contribution is -0.254. The van der Waals surface area contributed by atoms with Crippen molar-refractivity contribution in [2.24, 2.45) is 0 Å². The number of nitrogens with zero attached hydrogens (tertiary/aromatic N) is 3. The fraction of sp³-hybridized carbons (Fsp3) is 0.190. The van der Waals surface area contributed by atoms with E-state index in [0.29, 0.717) is 31.8 Å². The number of thiazole rings is 1. The van der Waals surface area contributed by atoms with Gasteiger partial charge in [-0.1, -0.05) is 11.8 Å². The van der Waals surface area contributed by atoms with Crippen LogP contribution >= 0.6 is 34.4 Å². The number of nitrogens with one attached hydrogen (secondary N) is 1. The number of thioether (sulfide) groups is 1. The van der Waals surface area contributed by atoms with E-state index in [-0.39, 0.29) is 16.5 Å². The molecule has 0 aliphatic heterocycles. The van der Waals surface area contributed by atoms with Crippen molar-refractivity contribution in [2.75, 3.05) is 18.2 Å². The van der Waals surface area contributed by atoms with Crippen LogP contribution in [0.5, 0.6) is 5.75 Å². The Morgan fingerprint density at radius 3 is 2.59 bits per heavy atom. The molecule has 0 radical (unpaired) electrons. The normalized spacial score (nSPS) is 11.0. The van der Waals surface area contributed by atoms with E-state index in [1.165, 1.54) is 23.1 Å². The SMILES string of the molecule is COc1ccc(-c2csc(NC(=O)CSc3nc(C)nc4sc(C(=O)[O-])c(C)c34)n2)cc1. The van der Waals surface area contributed by atoms with Crippen molar-refractivity contribution in [1.29, 1.82) is 0 Å². The number of ether oxygens (including phenoxy) is 1. The Morgan fingerprint density at radius 2 is 1.91 bits per heavy atom. The molecular formula is C21H17N4O4S3-. The molecule has 0 saturated carbocycles. The topological polar surface area (TPSA) is 117 Å². The van der Waals surface area contributed by atoms with Gasteiger partial charge in [0.1, 0.15) is 21.4 Å². The number of carbonyl (C=O) groups is 2. The first-order valence-corrected chi connectivity index (χ1v) is 12.1. The maximum absolute atomic E-state index is 12.5. The van der Waals surface area contributed by atoms with Crippen molar-refractivity contribution in [3.8, 4) is 17.0 Å². The molecule has 8 nitrogen and oxygen atoms in total. The lowest BCUT2D eigenvalue weighted by atomic mass is 10.2. The lowest BCUT2D eigenvalue weighted by Gasteiger charge is -2.05. The maximum Gasteiger partial charge on any atom is 0.236 e. The van der Waals surface area contributed by atoms with Crippen LogP contribution in [0.1, 0.15) is 21.1 Å². The number of rotatable bonds is 7. The molecular weight excluding hydrogens is 468 g/mol. The van der Waals surface area contributed by atoms with Crippen LogP contribution in [-0.4, -0.2) is 39.7 Å². The van der Waals surface area contributed by atoms with Gasteiger partial charge in [0, 0.05) is 16.3 Å². The third kappa shape index (κ3) is 4.59. The molecule has 1 amide bonds. The van der Waals surface area contributed by atoms with E-state index in [9.17, 15) is 14.7 Å². The fourth-order valence-corrected chi connectivity index (χ4v) is 5.81. The van der Waals surface area contributed by atoms with E-state index >= 15 is 0 Å². The minimum absolute atomic E-state index is 0.0962. The van der Waals surface area contributed by atoms with Gasteiger partial charge in [-0.05, 0) is 43.7 Å². The minimum atomic E-state index is -1.24. The van der Waals surface area contributed by atoms with E-state index in [0.717, 1.165) is 28.3 Å². The number of aromatic nitrogens is 3. The first kappa shape index (κ1) is 22.2. The number of aryl methyl sites for hydroxylation is 2. The Labute approximate surface area is 195 Å². The van der Waals surface area contributed by atoms with Crippen molar-refractivity contribution >= 4 is 61.7 Å². The van der Waals surface area contributed by atoms with Gasteiger partial charge in [-0.2, -0.15) is 0 Å². The van der Waals surface area contributed by atoms with Gasteiger partial charge in [0.25, 0.3) is 0 Å². The molecule has 0 fully saturated rings. The summed E-state index contributed by atoms with van der Waals surface area (Å²) in [4.78, 5) is 37.8. The highest BCUT2D eigenvalue weighted by Crippen LogP contribution is 2.35. The number of fused-ring (bicyclic) bond motifs is 1. The van der Waals surface area contributed by atoms with Crippen LogP contribution in [0.2, 0.25) is 0 Å². The highest BCUT2D eigenvalue weighted by atomic mass is 32.2. The number of benzene rings is 1. The number of anilines is 1. The quantitative estimate of drug-likeness (QED) is 0.312. The summed E-state index contributed by atoms with van der Waals surface area (Å²) in [6.45, 7) is 3.43. The van der Waals surface area contributed by atoms with E-state index in [4.69, 9.17) is 4.74 Å². The number of carbonyl (C=O) groups excluding carboxylic acids is 2.